The zero-order valence-electron chi connectivity index (χ0n) is 6.26. The Morgan fingerprint density at radius 2 is 2.17 bits per heavy atom. The molecule has 1 fully saturated rings. The highest BCUT2D eigenvalue weighted by molar-refractivity contribution is 7.80. The van der Waals surface area contributed by atoms with Gasteiger partial charge >= 0.3 is 0 Å². The molecule has 0 aliphatic heterocycles. The molecule has 1 rings (SSSR count). The van der Waals surface area contributed by atoms with Gasteiger partial charge in [-0.05, 0) is 12.2 Å². The predicted octanol–water partition coefficient (Wildman–Crippen LogP) is -0.0218. The van der Waals surface area contributed by atoms with Crippen LogP contribution in [-0.4, -0.2) is 28.3 Å². The van der Waals surface area contributed by atoms with Crippen molar-refractivity contribution in [2.75, 3.05) is 0 Å². The Kier molecular flexibility index (Phi) is 2.48. The van der Waals surface area contributed by atoms with Crippen LogP contribution in [0.3, 0.4) is 0 Å². The van der Waals surface area contributed by atoms with E-state index in [9.17, 15) is 8.78 Å². The van der Waals surface area contributed by atoms with Crippen molar-refractivity contribution in [3.63, 3.8) is 0 Å². The standard InChI is InChI=1S/C6H10F2N2OS/c7-4(8)6(11)1-3(2-6)10-5(9)12/h3-4,11H,1-2H2,(H3,9,10,12). The fourth-order valence-electron chi connectivity index (χ4n) is 1.28. The van der Waals surface area contributed by atoms with Crippen LogP contribution in [-0.2, 0) is 0 Å². The van der Waals surface area contributed by atoms with Gasteiger partial charge < -0.3 is 16.2 Å². The minimum atomic E-state index is -2.69. The van der Waals surface area contributed by atoms with Crippen molar-refractivity contribution in [3.8, 4) is 0 Å². The number of nitrogens with one attached hydrogen (secondary N) is 1. The Morgan fingerprint density at radius 3 is 2.50 bits per heavy atom. The molecule has 1 saturated carbocycles. The molecule has 6 heteroatoms. The molecule has 0 amide bonds. The summed E-state index contributed by atoms with van der Waals surface area (Å²) in [5.74, 6) is 0. The molecule has 0 radical (unpaired) electrons. The van der Waals surface area contributed by atoms with Crippen molar-refractivity contribution in [1.82, 2.24) is 5.32 Å². The number of halogens is 2. The fourth-order valence-corrected chi connectivity index (χ4v) is 1.44. The fraction of sp³-hybridized carbons (Fsp3) is 0.833. The number of hydrogen-bond donors (Lipinski definition) is 3. The van der Waals surface area contributed by atoms with Crippen molar-refractivity contribution in [1.29, 1.82) is 0 Å². The van der Waals surface area contributed by atoms with Crippen LogP contribution in [0.25, 0.3) is 0 Å². The lowest BCUT2D eigenvalue weighted by molar-refractivity contribution is -0.153. The van der Waals surface area contributed by atoms with Crippen LogP contribution in [0.15, 0.2) is 0 Å². The van der Waals surface area contributed by atoms with E-state index in [1.54, 1.807) is 0 Å². The van der Waals surface area contributed by atoms with Crippen molar-refractivity contribution < 1.29 is 13.9 Å². The Morgan fingerprint density at radius 1 is 1.67 bits per heavy atom. The molecule has 0 spiro atoms. The molecule has 0 atom stereocenters. The van der Waals surface area contributed by atoms with Crippen LogP contribution in [0.2, 0.25) is 0 Å². The van der Waals surface area contributed by atoms with E-state index in [0.717, 1.165) is 0 Å². The van der Waals surface area contributed by atoms with Crippen LogP contribution in [0, 0.1) is 0 Å². The maximum absolute atomic E-state index is 12.0. The summed E-state index contributed by atoms with van der Waals surface area (Å²) in [6, 6.07) is -0.207. The van der Waals surface area contributed by atoms with Crippen LogP contribution >= 0.6 is 12.2 Å². The summed E-state index contributed by atoms with van der Waals surface area (Å²) in [6.45, 7) is 0. The van der Waals surface area contributed by atoms with Crippen molar-refractivity contribution in [2.45, 2.75) is 30.9 Å². The third kappa shape index (κ3) is 1.81. The molecular weight excluding hydrogens is 186 g/mol. The Balaban J connectivity index is 2.32. The monoisotopic (exact) mass is 196 g/mol. The summed E-state index contributed by atoms with van der Waals surface area (Å²) in [6.07, 6.45) is -2.69. The number of nitrogens with two attached hydrogens (primary N) is 1. The summed E-state index contributed by atoms with van der Waals surface area (Å²) >= 11 is 4.51. The molecule has 0 saturated heterocycles. The molecule has 0 aromatic carbocycles. The third-order valence-electron chi connectivity index (χ3n) is 1.95. The second-order valence-corrected chi connectivity index (χ2v) is 3.46. The molecule has 0 bridgehead atoms. The molecule has 4 N–H and O–H groups in total. The van der Waals surface area contributed by atoms with Crippen LogP contribution in [0.1, 0.15) is 12.8 Å². The molecule has 1 aliphatic rings. The first kappa shape index (κ1) is 9.60. The van der Waals surface area contributed by atoms with Gasteiger partial charge in [0.05, 0.1) is 0 Å². The van der Waals surface area contributed by atoms with E-state index in [1.165, 1.54) is 0 Å². The second-order valence-electron chi connectivity index (χ2n) is 3.02. The molecule has 0 aromatic heterocycles. The first-order chi connectivity index (χ1) is 5.44. The quantitative estimate of drug-likeness (QED) is 0.543. The van der Waals surface area contributed by atoms with Gasteiger partial charge in [0.2, 0.25) is 0 Å². The highest BCUT2D eigenvalue weighted by Gasteiger charge is 2.49. The van der Waals surface area contributed by atoms with Crippen LogP contribution < -0.4 is 11.1 Å². The van der Waals surface area contributed by atoms with Gasteiger partial charge in [-0.3, -0.25) is 0 Å². The highest BCUT2D eigenvalue weighted by Crippen LogP contribution is 2.37. The van der Waals surface area contributed by atoms with E-state index in [-0.39, 0.29) is 24.0 Å². The Hall–Kier alpha value is -0.490. The van der Waals surface area contributed by atoms with Gasteiger partial charge in [0.25, 0.3) is 6.43 Å². The first-order valence-electron chi connectivity index (χ1n) is 3.50. The molecule has 12 heavy (non-hydrogen) atoms. The maximum Gasteiger partial charge on any atom is 0.266 e. The molecule has 70 valence electrons. The molecule has 3 nitrogen and oxygen atoms in total. The van der Waals surface area contributed by atoms with E-state index in [2.05, 4.69) is 17.5 Å². The average molecular weight is 196 g/mol. The van der Waals surface area contributed by atoms with Gasteiger partial charge in [-0.25, -0.2) is 8.78 Å². The predicted molar refractivity (Wildman–Crippen MR) is 43.9 cm³/mol. The van der Waals surface area contributed by atoms with E-state index >= 15 is 0 Å². The number of thiocarbonyl (C=S) groups is 1. The highest BCUT2D eigenvalue weighted by atomic mass is 32.1. The summed E-state index contributed by atoms with van der Waals surface area (Å²) in [7, 11) is 0. The van der Waals surface area contributed by atoms with Gasteiger partial charge in [0.1, 0.15) is 5.60 Å². The molecule has 1 aliphatic carbocycles. The molecule has 0 heterocycles. The SMILES string of the molecule is NC(=S)NC1CC(O)(C(F)F)C1. The normalized spacial score (nSPS) is 34.5. The van der Waals surface area contributed by atoms with E-state index < -0.39 is 12.0 Å². The summed E-state index contributed by atoms with van der Waals surface area (Å²) in [5.41, 5.74) is 3.29. The average Bonchev–Trinajstić information content (AvgIpc) is 1.82. The lowest BCUT2D eigenvalue weighted by Crippen LogP contribution is -2.59. The largest absolute Gasteiger partial charge is 0.384 e. The number of hydrogen-bond acceptors (Lipinski definition) is 2. The van der Waals surface area contributed by atoms with Crippen molar-refractivity contribution in [2.24, 2.45) is 5.73 Å². The smallest absolute Gasteiger partial charge is 0.266 e. The zero-order valence-corrected chi connectivity index (χ0v) is 7.07. The number of alkyl halides is 2. The van der Waals surface area contributed by atoms with Gasteiger partial charge in [-0.2, -0.15) is 0 Å². The van der Waals surface area contributed by atoms with E-state index in [0.29, 0.717) is 0 Å². The topological polar surface area (TPSA) is 58.3 Å². The first-order valence-corrected chi connectivity index (χ1v) is 3.91. The number of rotatable bonds is 2. The lowest BCUT2D eigenvalue weighted by Gasteiger charge is -2.43. The molecule has 0 unspecified atom stereocenters. The van der Waals surface area contributed by atoms with Crippen LogP contribution in [0.5, 0.6) is 0 Å². The maximum atomic E-state index is 12.0. The Bertz CT molecular complexity index is 194. The molecule has 0 aromatic rings. The van der Waals surface area contributed by atoms with Crippen molar-refractivity contribution in [3.05, 3.63) is 0 Å². The Labute approximate surface area is 73.9 Å². The minimum absolute atomic E-state index is 0.00199. The van der Waals surface area contributed by atoms with E-state index in [4.69, 9.17) is 10.8 Å². The summed E-state index contributed by atoms with van der Waals surface area (Å²) in [4.78, 5) is 0. The number of aliphatic hydroxyl groups is 1. The van der Waals surface area contributed by atoms with E-state index in [1.807, 2.05) is 0 Å². The van der Waals surface area contributed by atoms with Crippen LogP contribution in [0.4, 0.5) is 8.78 Å². The van der Waals surface area contributed by atoms with Gasteiger partial charge in [0, 0.05) is 18.9 Å². The summed E-state index contributed by atoms with van der Waals surface area (Å²) < 4.78 is 24.1. The van der Waals surface area contributed by atoms with Gasteiger partial charge in [0.15, 0.2) is 5.11 Å². The second kappa shape index (κ2) is 3.10. The van der Waals surface area contributed by atoms with Gasteiger partial charge in [-0.1, -0.05) is 0 Å². The van der Waals surface area contributed by atoms with Gasteiger partial charge in [-0.15, -0.1) is 0 Å². The third-order valence-corrected chi connectivity index (χ3v) is 2.07. The zero-order chi connectivity index (χ0) is 9.35. The molecular formula is C6H10F2N2OS. The summed E-state index contributed by atoms with van der Waals surface area (Å²) in [5, 5.41) is 11.8. The minimum Gasteiger partial charge on any atom is -0.384 e. The van der Waals surface area contributed by atoms with Crippen molar-refractivity contribution >= 4 is 17.3 Å². The lowest BCUT2D eigenvalue weighted by atomic mass is 9.76.